The van der Waals surface area contributed by atoms with Crippen LogP contribution in [0.1, 0.15) is 34.1 Å². The highest BCUT2D eigenvalue weighted by molar-refractivity contribution is 8.00. The zero-order valence-corrected chi connectivity index (χ0v) is 15.2. The third-order valence-corrected chi connectivity index (χ3v) is 4.62. The van der Waals surface area contributed by atoms with E-state index in [0.29, 0.717) is 17.9 Å². The number of ether oxygens (including phenoxy) is 1. The third kappa shape index (κ3) is 6.39. The van der Waals surface area contributed by atoms with Gasteiger partial charge in [-0.3, -0.25) is 9.59 Å². The summed E-state index contributed by atoms with van der Waals surface area (Å²) in [6.07, 6.45) is 0.546. The van der Waals surface area contributed by atoms with Crippen LogP contribution in [0.3, 0.4) is 0 Å². The molecule has 0 aliphatic rings. The summed E-state index contributed by atoms with van der Waals surface area (Å²) in [7, 11) is 0. The first-order valence-electron chi connectivity index (χ1n) is 7.34. The topological polar surface area (TPSA) is 55.4 Å². The maximum Gasteiger partial charge on any atom is 0.319 e. The van der Waals surface area contributed by atoms with Gasteiger partial charge in [0.05, 0.1) is 17.3 Å². The molecule has 1 unspecified atom stereocenters. The van der Waals surface area contributed by atoms with Crippen LogP contribution < -0.4 is 5.32 Å². The fraction of sp³-hybridized carbons (Fsp3) is 0.500. The molecule has 128 valence electrons. The molecule has 0 spiro atoms. The van der Waals surface area contributed by atoms with Gasteiger partial charge in [-0.15, -0.1) is 11.8 Å². The lowest BCUT2D eigenvalue weighted by Crippen LogP contribution is -2.21. The van der Waals surface area contributed by atoms with Crippen molar-refractivity contribution in [1.29, 1.82) is 0 Å². The number of hydrogen-bond acceptors (Lipinski definition) is 4. The van der Waals surface area contributed by atoms with E-state index in [0.717, 1.165) is 6.07 Å². The van der Waals surface area contributed by atoms with Crippen LogP contribution in [0, 0.1) is 11.7 Å². The van der Waals surface area contributed by atoms with E-state index in [1.807, 2.05) is 20.8 Å². The number of halogens is 2. The Morgan fingerprint density at radius 2 is 2.04 bits per heavy atom. The van der Waals surface area contributed by atoms with Gasteiger partial charge >= 0.3 is 5.97 Å². The lowest BCUT2D eigenvalue weighted by atomic mass is 10.2. The quantitative estimate of drug-likeness (QED) is 0.573. The largest absolute Gasteiger partial charge is 0.465 e. The second-order valence-electron chi connectivity index (χ2n) is 5.48. The summed E-state index contributed by atoms with van der Waals surface area (Å²) in [5, 5.41) is 2.15. The van der Waals surface area contributed by atoms with Crippen molar-refractivity contribution >= 4 is 40.9 Å². The first-order valence-corrected chi connectivity index (χ1v) is 8.60. The first kappa shape index (κ1) is 19.8. The summed E-state index contributed by atoms with van der Waals surface area (Å²) in [6, 6.07) is 2.56. The van der Waals surface area contributed by atoms with Crippen LogP contribution in [0.15, 0.2) is 17.0 Å². The number of carbonyl (C=O) groups excluding carboxylic acids is 2. The van der Waals surface area contributed by atoms with Gasteiger partial charge in [-0.2, -0.15) is 0 Å². The fourth-order valence-electron chi connectivity index (χ4n) is 1.70. The molecule has 23 heavy (non-hydrogen) atoms. The van der Waals surface area contributed by atoms with Crippen LogP contribution in [-0.4, -0.2) is 23.7 Å². The number of thioether (sulfide) groups is 1. The summed E-state index contributed by atoms with van der Waals surface area (Å²) in [5.41, 5.74) is 0.0369. The molecule has 0 radical (unpaired) electrons. The minimum absolute atomic E-state index is 0.0369. The van der Waals surface area contributed by atoms with E-state index in [1.54, 1.807) is 0 Å². The normalized spacial score (nSPS) is 12.1. The van der Waals surface area contributed by atoms with Crippen LogP contribution in [-0.2, 0) is 14.3 Å². The monoisotopic (exact) mass is 361 g/mol. The molecule has 7 heteroatoms. The molecule has 0 aliphatic heterocycles. The van der Waals surface area contributed by atoms with Gasteiger partial charge in [0, 0.05) is 11.8 Å². The van der Waals surface area contributed by atoms with E-state index in [-0.39, 0.29) is 28.5 Å². The van der Waals surface area contributed by atoms with E-state index >= 15 is 0 Å². The first-order chi connectivity index (χ1) is 10.7. The van der Waals surface area contributed by atoms with Gasteiger partial charge in [0.15, 0.2) is 0 Å². The average Bonchev–Trinajstić information content (AvgIpc) is 2.45. The molecule has 0 heterocycles. The summed E-state index contributed by atoms with van der Waals surface area (Å²) < 4.78 is 19.0. The van der Waals surface area contributed by atoms with Gasteiger partial charge in [0.25, 0.3) is 0 Å². The molecule has 4 nitrogen and oxygen atoms in total. The summed E-state index contributed by atoms with van der Waals surface area (Å²) in [5.74, 6) is -1.08. The van der Waals surface area contributed by atoms with Crippen LogP contribution in [0.5, 0.6) is 0 Å². The Labute approximate surface area is 145 Å². The van der Waals surface area contributed by atoms with Crippen LogP contribution in [0.25, 0.3) is 0 Å². The van der Waals surface area contributed by atoms with Crippen molar-refractivity contribution < 1.29 is 18.7 Å². The minimum atomic E-state index is -0.620. The highest BCUT2D eigenvalue weighted by Crippen LogP contribution is 2.35. The maximum absolute atomic E-state index is 13.8. The van der Waals surface area contributed by atoms with Gasteiger partial charge in [0.2, 0.25) is 5.91 Å². The molecule has 1 atom stereocenters. The van der Waals surface area contributed by atoms with Crippen molar-refractivity contribution in [2.45, 2.75) is 44.3 Å². The average molecular weight is 362 g/mol. The Kier molecular flexibility index (Phi) is 7.85. The van der Waals surface area contributed by atoms with Gasteiger partial charge in [0.1, 0.15) is 11.1 Å². The Balaban J connectivity index is 2.92. The molecule has 1 aromatic rings. The Morgan fingerprint density at radius 1 is 1.39 bits per heavy atom. The Morgan fingerprint density at radius 3 is 2.57 bits per heavy atom. The lowest BCUT2D eigenvalue weighted by molar-refractivity contribution is -0.144. The number of carbonyl (C=O) groups is 2. The molecule has 0 bridgehead atoms. The molecule has 1 amide bonds. The SMILES string of the molecule is CCC(Sc1cc(NC(C)=O)c(F)cc1Cl)C(=O)OCC(C)C. The third-order valence-electron chi connectivity index (χ3n) is 2.79. The molecular formula is C16H21ClFNO3S. The fourth-order valence-corrected chi connectivity index (χ4v) is 2.98. The molecule has 1 aromatic carbocycles. The van der Waals surface area contributed by atoms with Gasteiger partial charge < -0.3 is 10.1 Å². The molecule has 0 fully saturated rings. The van der Waals surface area contributed by atoms with Crippen molar-refractivity contribution in [2.24, 2.45) is 5.92 Å². The number of hydrogen-bond donors (Lipinski definition) is 1. The van der Waals surface area contributed by atoms with E-state index in [9.17, 15) is 14.0 Å². The molecule has 0 aliphatic carbocycles. The molecular weight excluding hydrogens is 341 g/mol. The van der Waals surface area contributed by atoms with Gasteiger partial charge in [-0.25, -0.2) is 4.39 Å². The zero-order valence-electron chi connectivity index (χ0n) is 13.6. The molecule has 0 aromatic heterocycles. The maximum atomic E-state index is 13.8. The summed E-state index contributed by atoms with van der Waals surface area (Å²) in [6.45, 7) is 7.42. The number of esters is 1. The second-order valence-corrected chi connectivity index (χ2v) is 7.13. The summed E-state index contributed by atoms with van der Waals surface area (Å²) >= 11 is 7.25. The second kappa shape index (κ2) is 9.13. The molecule has 0 saturated carbocycles. The van der Waals surface area contributed by atoms with Crippen molar-refractivity contribution in [3.63, 3.8) is 0 Å². The molecule has 0 saturated heterocycles. The Hall–Kier alpha value is -1.27. The summed E-state index contributed by atoms with van der Waals surface area (Å²) in [4.78, 5) is 23.7. The van der Waals surface area contributed by atoms with Gasteiger partial charge in [-0.05, 0) is 24.5 Å². The van der Waals surface area contributed by atoms with Crippen LogP contribution in [0.2, 0.25) is 5.02 Å². The van der Waals surface area contributed by atoms with Crippen LogP contribution in [0.4, 0.5) is 10.1 Å². The lowest BCUT2D eigenvalue weighted by Gasteiger charge is -2.16. The number of amides is 1. The van der Waals surface area contributed by atoms with E-state index in [4.69, 9.17) is 16.3 Å². The van der Waals surface area contributed by atoms with E-state index < -0.39 is 11.1 Å². The van der Waals surface area contributed by atoms with E-state index in [1.165, 1.54) is 24.8 Å². The number of rotatable bonds is 7. The number of anilines is 1. The van der Waals surface area contributed by atoms with Crippen molar-refractivity contribution in [3.05, 3.63) is 23.0 Å². The van der Waals surface area contributed by atoms with Crippen molar-refractivity contribution in [3.8, 4) is 0 Å². The predicted molar refractivity (Wildman–Crippen MR) is 91.4 cm³/mol. The highest BCUT2D eigenvalue weighted by atomic mass is 35.5. The van der Waals surface area contributed by atoms with E-state index in [2.05, 4.69) is 5.32 Å². The standard InChI is InChI=1S/C16H21ClFNO3S/c1-5-14(16(21)22-8-9(2)3)23-15-7-13(19-10(4)20)12(18)6-11(15)17/h6-7,9,14H,5,8H2,1-4H3,(H,19,20). The molecule has 1 rings (SSSR count). The number of nitrogens with one attached hydrogen (secondary N) is 1. The highest BCUT2D eigenvalue weighted by Gasteiger charge is 2.22. The number of benzene rings is 1. The van der Waals surface area contributed by atoms with Crippen molar-refractivity contribution in [1.82, 2.24) is 0 Å². The molecule has 1 N–H and O–H groups in total. The van der Waals surface area contributed by atoms with Gasteiger partial charge in [-0.1, -0.05) is 32.4 Å². The zero-order chi connectivity index (χ0) is 17.6. The van der Waals surface area contributed by atoms with Crippen LogP contribution >= 0.6 is 23.4 Å². The smallest absolute Gasteiger partial charge is 0.319 e. The van der Waals surface area contributed by atoms with Crippen molar-refractivity contribution in [2.75, 3.05) is 11.9 Å². The minimum Gasteiger partial charge on any atom is -0.465 e. The Bertz CT molecular complexity index is 581. The predicted octanol–water partition coefficient (Wildman–Crippen LogP) is 4.51.